The first-order chi connectivity index (χ1) is 10.5. The molecular weight excluding hydrogens is 284 g/mol. The van der Waals surface area contributed by atoms with Crippen LogP contribution in [0.5, 0.6) is 0 Å². The molecule has 0 aliphatic heterocycles. The number of benzene rings is 1. The quantitative estimate of drug-likeness (QED) is 0.643. The summed E-state index contributed by atoms with van der Waals surface area (Å²) in [6, 6.07) is 4.96. The number of amides is 1. The molecule has 0 heterocycles. The number of carbonyl (C=O) groups excluding carboxylic acids is 1. The van der Waals surface area contributed by atoms with Gasteiger partial charge in [-0.05, 0) is 44.1 Å². The Kier molecular flexibility index (Phi) is 5.49. The molecule has 1 aromatic rings. The van der Waals surface area contributed by atoms with Gasteiger partial charge in [-0.25, -0.2) is 0 Å². The van der Waals surface area contributed by atoms with Crippen LogP contribution in [-0.4, -0.2) is 28.6 Å². The highest BCUT2D eigenvalue weighted by Crippen LogP contribution is 2.24. The van der Waals surface area contributed by atoms with Gasteiger partial charge in [0.1, 0.15) is 0 Å². The molecule has 6 heteroatoms. The maximum absolute atomic E-state index is 12.1. The molecule has 0 radical (unpaired) electrons. The van der Waals surface area contributed by atoms with Crippen molar-refractivity contribution in [2.45, 2.75) is 45.1 Å². The maximum Gasteiger partial charge on any atom is 0.272 e. The Morgan fingerprint density at radius 1 is 1.36 bits per heavy atom. The SMILES string of the molecule is Cc1c(CC(=O)NC2CCC(CO)CC2)cccc1[N+](=O)[O-]. The molecular formula is C16H22N2O4. The van der Waals surface area contributed by atoms with Crippen LogP contribution in [0.2, 0.25) is 0 Å². The number of nitro groups is 1. The molecule has 6 nitrogen and oxygen atoms in total. The summed E-state index contributed by atoms with van der Waals surface area (Å²) in [4.78, 5) is 22.6. The molecule has 0 atom stereocenters. The van der Waals surface area contributed by atoms with Gasteiger partial charge < -0.3 is 10.4 Å². The molecule has 22 heavy (non-hydrogen) atoms. The molecule has 1 saturated carbocycles. The Bertz CT molecular complexity index is 551. The van der Waals surface area contributed by atoms with E-state index in [1.165, 1.54) is 6.07 Å². The summed E-state index contributed by atoms with van der Waals surface area (Å²) in [5.41, 5.74) is 1.29. The van der Waals surface area contributed by atoms with Crippen LogP contribution in [0.25, 0.3) is 0 Å². The fraction of sp³-hybridized carbons (Fsp3) is 0.562. The topological polar surface area (TPSA) is 92.5 Å². The second-order valence-electron chi connectivity index (χ2n) is 5.96. The Labute approximate surface area is 129 Å². The molecule has 1 aliphatic carbocycles. The summed E-state index contributed by atoms with van der Waals surface area (Å²) in [5, 5.41) is 23.0. The first kappa shape index (κ1) is 16.4. The van der Waals surface area contributed by atoms with E-state index < -0.39 is 4.92 Å². The van der Waals surface area contributed by atoms with E-state index in [1.807, 2.05) is 0 Å². The van der Waals surface area contributed by atoms with E-state index in [1.54, 1.807) is 19.1 Å². The van der Waals surface area contributed by atoms with Crippen LogP contribution in [0.4, 0.5) is 5.69 Å². The van der Waals surface area contributed by atoms with Crippen LogP contribution in [-0.2, 0) is 11.2 Å². The van der Waals surface area contributed by atoms with Gasteiger partial charge in [-0.15, -0.1) is 0 Å². The summed E-state index contributed by atoms with van der Waals surface area (Å²) < 4.78 is 0. The molecule has 0 saturated heterocycles. The van der Waals surface area contributed by atoms with Gasteiger partial charge in [-0.3, -0.25) is 14.9 Å². The van der Waals surface area contributed by atoms with Crippen molar-refractivity contribution < 1.29 is 14.8 Å². The summed E-state index contributed by atoms with van der Waals surface area (Å²) in [6.07, 6.45) is 3.78. The van der Waals surface area contributed by atoms with E-state index in [0.29, 0.717) is 17.0 Å². The number of aliphatic hydroxyl groups excluding tert-OH is 1. The van der Waals surface area contributed by atoms with Gasteiger partial charge in [-0.1, -0.05) is 12.1 Å². The monoisotopic (exact) mass is 306 g/mol. The van der Waals surface area contributed by atoms with Crippen molar-refractivity contribution >= 4 is 11.6 Å². The van der Waals surface area contributed by atoms with Gasteiger partial charge in [0, 0.05) is 24.3 Å². The van der Waals surface area contributed by atoms with E-state index in [4.69, 9.17) is 5.11 Å². The first-order valence-corrected chi connectivity index (χ1v) is 7.64. The third-order valence-electron chi connectivity index (χ3n) is 4.44. The number of nitrogens with zero attached hydrogens (tertiary/aromatic N) is 1. The van der Waals surface area contributed by atoms with Gasteiger partial charge in [-0.2, -0.15) is 0 Å². The molecule has 1 amide bonds. The standard InChI is InChI=1S/C16H22N2O4/c1-11-13(3-2-4-15(11)18(21)22)9-16(20)17-14-7-5-12(10-19)6-8-14/h2-4,12,14,19H,5-10H2,1H3,(H,17,20). The second-order valence-corrected chi connectivity index (χ2v) is 5.96. The Balaban J connectivity index is 1.93. The summed E-state index contributed by atoms with van der Waals surface area (Å²) in [6.45, 7) is 1.89. The van der Waals surface area contributed by atoms with Gasteiger partial charge in [0.25, 0.3) is 5.69 Å². The smallest absolute Gasteiger partial charge is 0.272 e. The Morgan fingerprint density at radius 2 is 2.05 bits per heavy atom. The zero-order valence-electron chi connectivity index (χ0n) is 12.7. The van der Waals surface area contributed by atoms with E-state index in [-0.39, 0.29) is 30.7 Å². The van der Waals surface area contributed by atoms with Gasteiger partial charge >= 0.3 is 0 Å². The minimum Gasteiger partial charge on any atom is -0.396 e. The highest BCUT2D eigenvalue weighted by molar-refractivity contribution is 5.79. The maximum atomic E-state index is 12.1. The Morgan fingerprint density at radius 3 is 2.64 bits per heavy atom. The molecule has 2 N–H and O–H groups in total. The summed E-state index contributed by atoms with van der Waals surface area (Å²) >= 11 is 0. The third-order valence-corrected chi connectivity index (χ3v) is 4.44. The van der Waals surface area contributed by atoms with E-state index in [0.717, 1.165) is 25.7 Å². The average molecular weight is 306 g/mol. The average Bonchev–Trinajstić information content (AvgIpc) is 2.50. The van der Waals surface area contributed by atoms with Crippen LogP contribution in [0.1, 0.15) is 36.8 Å². The van der Waals surface area contributed by atoms with Crippen LogP contribution in [0.3, 0.4) is 0 Å². The van der Waals surface area contributed by atoms with Gasteiger partial charge in [0.2, 0.25) is 5.91 Å². The Hall–Kier alpha value is -1.95. The van der Waals surface area contributed by atoms with Crippen molar-refractivity contribution in [3.8, 4) is 0 Å². The molecule has 2 rings (SSSR count). The van der Waals surface area contributed by atoms with E-state index in [9.17, 15) is 14.9 Å². The predicted octanol–water partition coefficient (Wildman–Crippen LogP) is 2.11. The lowest BCUT2D eigenvalue weighted by atomic mass is 9.86. The lowest BCUT2D eigenvalue weighted by molar-refractivity contribution is -0.385. The minimum atomic E-state index is -0.424. The van der Waals surface area contributed by atoms with Crippen LogP contribution >= 0.6 is 0 Å². The van der Waals surface area contributed by atoms with Crippen LogP contribution in [0, 0.1) is 23.0 Å². The third kappa shape index (κ3) is 4.04. The summed E-state index contributed by atoms with van der Waals surface area (Å²) in [5.74, 6) is 0.253. The number of rotatable bonds is 5. The number of nitro benzene ring substituents is 1. The zero-order valence-corrected chi connectivity index (χ0v) is 12.7. The normalized spacial score (nSPS) is 21.4. The van der Waals surface area contributed by atoms with Crippen LogP contribution < -0.4 is 5.32 Å². The molecule has 1 aliphatic rings. The number of hydrogen-bond donors (Lipinski definition) is 2. The fourth-order valence-electron chi connectivity index (χ4n) is 3.00. The number of aliphatic hydroxyl groups is 1. The van der Waals surface area contributed by atoms with Crippen molar-refractivity contribution in [2.75, 3.05) is 6.61 Å². The zero-order chi connectivity index (χ0) is 16.1. The van der Waals surface area contributed by atoms with Gasteiger partial charge in [0.05, 0.1) is 11.3 Å². The number of nitrogens with one attached hydrogen (secondary N) is 1. The van der Waals surface area contributed by atoms with E-state index in [2.05, 4.69) is 5.32 Å². The molecule has 0 spiro atoms. The molecule has 0 bridgehead atoms. The van der Waals surface area contributed by atoms with E-state index >= 15 is 0 Å². The predicted molar refractivity (Wildman–Crippen MR) is 82.5 cm³/mol. The lowest BCUT2D eigenvalue weighted by Gasteiger charge is -2.28. The number of carbonyl (C=O) groups is 1. The van der Waals surface area contributed by atoms with Gasteiger partial charge in [0.15, 0.2) is 0 Å². The number of hydrogen-bond acceptors (Lipinski definition) is 4. The molecule has 1 aromatic carbocycles. The molecule has 0 aromatic heterocycles. The fourth-order valence-corrected chi connectivity index (χ4v) is 3.00. The van der Waals surface area contributed by atoms with Crippen molar-refractivity contribution in [3.63, 3.8) is 0 Å². The summed E-state index contributed by atoms with van der Waals surface area (Å²) in [7, 11) is 0. The first-order valence-electron chi connectivity index (χ1n) is 7.64. The molecule has 1 fully saturated rings. The largest absolute Gasteiger partial charge is 0.396 e. The van der Waals surface area contributed by atoms with Crippen molar-refractivity contribution in [3.05, 3.63) is 39.4 Å². The lowest BCUT2D eigenvalue weighted by Crippen LogP contribution is -2.38. The van der Waals surface area contributed by atoms with Crippen molar-refractivity contribution in [2.24, 2.45) is 5.92 Å². The molecule has 0 unspecified atom stereocenters. The molecule has 120 valence electrons. The van der Waals surface area contributed by atoms with Crippen molar-refractivity contribution in [1.29, 1.82) is 0 Å². The van der Waals surface area contributed by atoms with Crippen molar-refractivity contribution in [1.82, 2.24) is 5.32 Å². The highest BCUT2D eigenvalue weighted by atomic mass is 16.6. The minimum absolute atomic E-state index is 0.0498. The van der Waals surface area contributed by atoms with Crippen LogP contribution in [0.15, 0.2) is 18.2 Å². The highest BCUT2D eigenvalue weighted by Gasteiger charge is 2.22. The second kappa shape index (κ2) is 7.35.